The molecule has 2 aromatic rings. The SMILES string of the molecule is CNCc1cc(CN(C)c2ccccc2F)on1. The van der Waals surface area contributed by atoms with Crippen molar-refractivity contribution in [3.8, 4) is 0 Å². The molecule has 4 nitrogen and oxygen atoms in total. The Morgan fingerprint density at radius 3 is 2.89 bits per heavy atom. The van der Waals surface area contributed by atoms with Crippen LogP contribution < -0.4 is 10.2 Å². The topological polar surface area (TPSA) is 41.3 Å². The fourth-order valence-corrected chi connectivity index (χ4v) is 1.77. The van der Waals surface area contributed by atoms with E-state index < -0.39 is 0 Å². The molecule has 96 valence electrons. The van der Waals surface area contributed by atoms with Gasteiger partial charge in [-0.15, -0.1) is 0 Å². The van der Waals surface area contributed by atoms with Crippen LogP contribution in [0.2, 0.25) is 0 Å². The molecule has 0 aliphatic heterocycles. The summed E-state index contributed by atoms with van der Waals surface area (Å²) in [6.45, 7) is 1.14. The molecule has 0 saturated carbocycles. The fraction of sp³-hybridized carbons (Fsp3) is 0.308. The van der Waals surface area contributed by atoms with Crippen LogP contribution in [0.25, 0.3) is 0 Å². The Kier molecular flexibility index (Phi) is 3.94. The number of hydrogen-bond donors (Lipinski definition) is 1. The van der Waals surface area contributed by atoms with Gasteiger partial charge in [0.2, 0.25) is 0 Å². The van der Waals surface area contributed by atoms with E-state index in [-0.39, 0.29) is 5.82 Å². The lowest BCUT2D eigenvalue weighted by molar-refractivity contribution is 0.375. The molecule has 0 bridgehead atoms. The summed E-state index contributed by atoms with van der Waals surface area (Å²) in [5.74, 6) is 0.473. The van der Waals surface area contributed by atoms with E-state index in [0.29, 0.717) is 24.5 Å². The largest absolute Gasteiger partial charge is 0.365 e. The summed E-state index contributed by atoms with van der Waals surface area (Å²) in [4.78, 5) is 1.79. The minimum Gasteiger partial charge on any atom is -0.365 e. The zero-order chi connectivity index (χ0) is 13.0. The van der Waals surface area contributed by atoms with Crippen LogP contribution in [-0.4, -0.2) is 19.3 Å². The van der Waals surface area contributed by atoms with Gasteiger partial charge in [-0.2, -0.15) is 0 Å². The molecule has 0 aliphatic carbocycles. The van der Waals surface area contributed by atoms with E-state index in [1.807, 2.05) is 26.2 Å². The van der Waals surface area contributed by atoms with Crippen molar-refractivity contribution in [1.29, 1.82) is 0 Å². The third kappa shape index (κ3) is 2.87. The Labute approximate surface area is 105 Å². The lowest BCUT2D eigenvalue weighted by atomic mass is 10.2. The summed E-state index contributed by atoms with van der Waals surface area (Å²) in [7, 11) is 3.67. The molecule has 1 aromatic carbocycles. The van der Waals surface area contributed by atoms with E-state index >= 15 is 0 Å². The third-order valence-corrected chi connectivity index (χ3v) is 2.62. The first kappa shape index (κ1) is 12.6. The molecule has 0 saturated heterocycles. The van der Waals surface area contributed by atoms with Crippen LogP contribution in [0.1, 0.15) is 11.5 Å². The summed E-state index contributed by atoms with van der Waals surface area (Å²) >= 11 is 0. The van der Waals surface area contributed by atoms with Crippen LogP contribution in [0.4, 0.5) is 10.1 Å². The Morgan fingerprint density at radius 2 is 2.17 bits per heavy atom. The lowest BCUT2D eigenvalue weighted by Gasteiger charge is -2.17. The first-order valence-electron chi connectivity index (χ1n) is 5.75. The van der Waals surface area contributed by atoms with Crippen molar-refractivity contribution < 1.29 is 8.91 Å². The van der Waals surface area contributed by atoms with E-state index in [1.54, 1.807) is 17.0 Å². The normalized spacial score (nSPS) is 10.6. The second kappa shape index (κ2) is 5.64. The highest BCUT2D eigenvalue weighted by Gasteiger charge is 2.10. The summed E-state index contributed by atoms with van der Waals surface area (Å²) < 4.78 is 18.8. The molecule has 0 radical (unpaired) electrons. The van der Waals surface area contributed by atoms with Gasteiger partial charge in [0.05, 0.1) is 17.9 Å². The number of rotatable bonds is 5. The van der Waals surface area contributed by atoms with E-state index in [2.05, 4.69) is 10.5 Å². The van der Waals surface area contributed by atoms with E-state index in [9.17, 15) is 4.39 Å². The van der Waals surface area contributed by atoms with E-state index in [4.69, 9.17) is 4.52 Å². The zero-order valence-corrected chi connectivity index (χ0v) is 10.5. The Bertz CT molecular complexity index is 512. The molecule has 2 rings (SSSR count). The molecule has 0 fully saturated rings. The van der Waals surface area contributed by atoms with Gasteiger partial charge in [0, 0.05) is 19.7 Å². The first-order valence-corrected chi connectivity index (χ1v) is 5.75. The average molecular weight is 249 g/mol. The number of nitrogens with zero attached hydrogens (tertiary/aromatic N) is 2. The smallest absolute Gasteiger partial charge is 0.156 e. The second-order valence-corrected chi connectivity index (χ2v) is 4.12. The lowest BCUT2D eigenvalue weighted by Crippen LogP contribution is -2.17. The van der Waals surface area contributed by atoms with Crippen molar-refractivity contribution in [3.05, 3.63) is 47.6 Å². The van der Waals surface area contributed by atoms with Gasteiger partial charge in [-0.3, -0.25) is 0 Å². The van der Waals surface area contributed by atoms with Crippen molar-refractivity contribution in [1.82, 2.24) is 10.5 Å². The van der Waals surface area contributed by atoms with Crippen LogP contribution in [0.3, 0.4) is 0 Å². The number of anilines is 1. The molecule has 0 aliphatic rings. The van der Waals surface area contributed by atoms with Gasteiger partial charge in [-0.1, -0.05) is 17.3 Å². The predicted octanol–water partition coefficient (Wildman–Crippen LogP) is 2.17. The quantitative estimate of drug-likeness (QED) is 0.881. The van der Waals surface area contributed by atoms with E-state index in [0.717, 1.165) is 5.69 Å². The second-order valence-electron chi connectivity index (χ2n) is 4.12. The van der Waals surface area contributed by atoms with Crippen LogP contribution in [0, 0.1) is 5.82 Å². The van der Waals surface area contributed by atoms with Crippen molar-refractivity contribution in [2.45, 2.75) is 13.1 Å². The molecule has 18 heavy (non-hydrogen) atoms. The van der Waals surface area contributed by atoms with Crippen LogP contribution in [0.15, 0.2) is 34.9 Å². The van der Waals surface area contributed by atoms with Gasteiger partial charge < -0.3 is 14.7 Å². The van der Waals surface area contributed by atoms with Crippen molar-refractivity contribution >= 4 is 5.69 Å². The highest BCUT2D eigenvalue weighted by Crippen LogP contribution is 2.19. The maximum Gasteiger partial charge on any atom is 0.156 e. The number of halogens is 1. The predicted molar refractivity (Wildman–Crippen MR) is 67.8 cm³/mol. The summed E-state index contributed by atoms with van der Waals surface area (Å²) in [6.07, 6.45) is 0. The van der Waals surface area contributed by atoms with Crippen molar-refractivity contribution in [2.75, 3.05) is 19.0 Å². The Balaban J connectivity index is 2.06. The average Bonchev–Trinajstić information content (AvgIpc) is 2.77. The molecule has 0 spiro atoms. The van der Waals surface area contributed by atoms with Gasteiger partial charge in [-0.25, -0.2) is 4.39 Å². The van der Waals surface area contributed by atoms with Gasteiger partial charge in [0.1, 0.15) is 5.82 Å². The van der Waals surface area contributed by atoms with Gasteiger partial charge in [-0.05, 0) is 19.2 Å². The van der Waals surface area contributed by atoms with E-state index in [1.165, 1.54) is 6.07 Å². The Morgan fingerprint density at radius 1 is 1.39 bits per heavy atom. The zero-order valence-electron chi connectivity index (χ0n) is 10.5. The Hall–Kier alpha value is -1.88. The van der Waals surface area contributed by atoms with Gasteiger partial charge >= 0.3 is 0 Å². The fourth-order valence-electron chi connectivity index (χ4n) is 1.77. The maximum absolute atomic E-state index is 13.6. The summed E-state index contributed by atoms with van der Waals surface area (Å²) in [5, 5.41) is 6.91. The first-order chi connectivity index (χ1) is 8.70. The standard InChI is InChI=1S/C13H16FN3O/c1-15-8-10-7-11(18-16-10)9-17(2)13-6-4-3-5-12(13)14/h3-7,15H,8-9H2,1-2H3. The molecule has 0 atom stereocenters. The number of nitrogens with one attached hydrogen (secondary N) is 1. The highest BCUT2D eigenvalue weighted by atomic mass is 19.1. The molecular weight excluding hydrogens is 233 g/mol. The minimum absolute atomic E-state index is 0.241. The molecular formula is C13H16FN3O. The molecule has 1 heterocycles. The van der Waals surface area contributed by atoms with Crippen LogP contribution in [0.5, 0.6) is 0 Å². The van der Waals surface area contributed by atoms with Crippen molar-refractivity contribution in [2.24, 2.45) is 0 Å². The molecule has 0 amide bonds. The summed E-state index contributed by atoms with van der Waals surface area (Å²) in [6, 6.07) is 8.53. The summed E-state index contributed by atoms with van der Waals surface area (Å²) in [5.41, 5.74) is 1.39. The van der Waals surface area contributed by atoms with Crippen molar-refractivity contribution in [3.63, 3.8) is 0 Å². The van der Waals surface area contributed by atoms with Gasteiger partial charge in [0.25, 0.3) is 0 Å². The van der Waals surface area contributed by atoms with Crippen LogP contribution >= 0.6 is 0 Å². The van der Waals surface area contributed by atoms with Crippen LogP contribution in [-0.2, 0) is 13.1 Å². The molecule has 0 unspecified atom stereocenters. The van der Waals surface area contributed by atoms with Gasteiger partial charge in [0.15, 0.2) is 5.76 Å². The molecule has 5 heteroatoms. The molecule has 1 aromatic heterocycles. The number of aromatic nitrogens is 1. The monoisotopic (exact) mass is 249 g/mol. The number of hydrogen-bond acceptors (Lipinski definition) is 4. The third-order valence-electron chi connectivity index (χ3n) is 2.62. The molecule has 1 N–H and O–H groups in total. The highest BCUT2D eigenvalue weighted by molar-refractivity contribution is 5.46. The minimum atomic E-state index is -0.241. The number of benzene rings is 1. The number of para-hydroxylation sites is 1. The maximum atomic E-state index is 13.6.